The summed E-state index contributed by atoms with van der Waals surface area (Å²) in [6.45, 7) is -0.0597. The average Bonchev–Trinajstić information content (AvgIpc) is 2.30. The Hall–Kier alpha value is -0.940. The summed E-state index contributed by atoms with van der Waals surface area (Å²) in [5, 5.41) is 36.6. The summed E-state index contributed by atoms with van der Waals surface area (Å²) in [6, 6.07) is 7.05. The Balaban J connectivity index is 2.65. The van der Waals surface area contributed by atoms with Crippen LogP contribution in [0.2, 0.25) is 0 Å². The molecule has 0 heterocycles. The molecule has 16 heavy (non-hydrogen) atoms. The molecule has 0 bridgehead atoms. The van der Waals surface area contributed by atoms with Gasteiger partial charge < -0.3 is 20.4 Å². The summed E-state index contributed by atoms with van der Waals surface area (Å²) in [7, 11) is 0. The van der Waals surface area contributed by atoms with Gasteiger partial charge in [0.15, 0.2) is 0 Å². The van der Waals surface area contributed by atoms with Crippen molar-refractivity contribution in [3.05, 3.63) is 35.4 Å². The summed E-state index contributed by atoms with van der Waals surface area (Å²) in [5.74, 6) is 0. The maximum atomic E-state index is 9.73. The van der Waals surface area contributed by atoms with Crippen LogP contribution >= 0.6 is 0 Å². The van der Waals surface area contributed by atoms with E-state index < -0.39 is 12.2 Å². The van der Waals surface area contributed by atoms with Crippen molar-refractivity contribution < 1.29 is 20.4 Å². The summed E-state index contributed by atoms with van der Waals surface area (Å²) in [6.07, 6.45) is -1.20. The highest BCUT2D eigenvalue weighted by Gasteiger charge is 2.17. The second kappa shape index (κ2) is 6.60. The fourth-order valence-corrected chi connectivity index (χ4v) is 1.52. The third kappa shape index (κ3) is 3.57. The van der Waals surface area contributed by atoms with Gasteiger partial charge in [-0.25, -0.2) is 0 Å². The predicted octanol–water partition coefficient (Wildman–Crippen LogP) is -0.00190. The molecule has 0 amide bonds. The first kappa shape index (κ1) is 13.1. The van der Waals surface area contributed by atoms with E-state index in [0.29, 0.717) is 12.0 Å². The third-order valence-corrected chi connectivity index (χ3v) is 2.51. The molecule has 0 saturated carbocycles. The molecule has 0 aliphatic heterocycles. The van der Waals surface area contributed by atoms with Crippen LogP contribution in [0.1, 0.15) is 23.7 Å². The van der Waals surface area contributed by atoms with Crippen molar-refractivity contribution in [1.29, 1.82) is 0 Å². The fraction of sp³-hybridized carbons (Fsp3) is 0.500. The predicted molar refractivity (Wildman–Crippen MR) is 59.9 cm³/mol. The lowest BCUT2D eigenvalue weighted by Crippen LogP contribution is -2.19. The summed E-state index contributed by atoms with van der Waals surface area (Å²) in [5.41, 5.74) is 1.60. The number of hydrogen-bond acceptors (Lipinski definition) is 4. The van der Waals surface area contributed by atoms with Crippen LogP contribution in [0.4, 0.5) is 0 Å². The quantitative estimate of drug-likeness (QED) is 0.550. The molecule has 90 valence electrons. The zero-order valence-electron chi connectivity index (χ0n) is 9.08. The van der Waals surface area contributed by atoms with Gasteiger partial charge in [-0.05, 0) is 24.0 Å². The lowest BCUT2D eigenvalue weighted by Gasteiger charge is -2.17. The fourth-order valence-electron chi connectivity index (χ4n) is 1.52. The first-order valence-electron chi connectivity index (χ1n) is 5.35. The molecular weight excluding hydrogens is 208 g/mol. The zero-order valence-corrected chi connectivity index (χ0v) is 9.08. The topological polar surface area (TPSA) is 80.9 Å². The smallest absolute Gasteiger partial charge is 0.105 e. The molecule has 0 aliphatic rings. The van der Waals surface area contributed by atoms with E-state index in [9.17, 15) is 10.2 Å². The maximum absolute atomic E-state index is 9.73. The summed E-state index contributed by atoms with van der Waals surface area (Å²) >= 11 is 0. The van der Waals surface area contributed by atoms with Gasteiger partial charge in [0, 0.05) is 13.2 Å². The molecule has 4 heteroatoms. The van der Waals surface area contributed by atoms with Gasteiger partial charge in [-0.3, -0.25) is 0 Å². The van der Waals surface area contributed by atoms with E-state index >= 15 is 0 Å². The van der Waals surface area contributed by atoms with E-state index in [1.165, 1.54) is 0 Å². The minimum atomic E-state index is -0.977. The molecule has 0 saturated heterocycles. The van der Waals surface area contributed by atoms with Crippen molar-refractivity contribution in [2.24, 2.45) is 0 Å². The molecule has 0 aliphatic carbocycles. The van der Waals surface area contributed by atoms with Gasteiger partial charge in [0.2, 0.25) is 0 Å². The number of rotatable bonds is 6. The second-order valence-electron chi connectivity index (χ2n) is 3.74. The molecule has 0 aromatic heterocycles. The van der Waals surface area contributed by atoms with E-state index in [1.54, 1.807) is 24.3 Å². The largest absolute Gasteiger partial charge is 0.396 e. The molecule has 0 radical (unpaired) electrons. The molecule has 2 unspecified atom stereocenters. The van der Waals surface area contributed by atoms with Crippen molar-refractivity contribution in [3.8, 4) is 0 Å². The van der Waals surface area contributed by atoms with Gasteiger partial charge in [0.25, 0.3) is 0 Å². The molecule has 2 atom stereocenters. The van der Waals surface area contributed by atoms with Gasteiger partial charge in [0.1, 0.15) is 6.10 Å². The highest BCUT2D eigenvalue weighted by molar-refractivity contribution is 5.24. The number of aliphatic hydroxyl groups is 4. The van der Waals surface area contributed by atoms with Gasteiger partial charge >= 0.3 is 0 Å². The first-order valence-corrected chi connectivity index (χ1v) is 5.35. The standard InChI is InChI=1S/C12H18O4/c13-7-5-9-1-3-10(4-2-9)12(16)11(15)6-8-14/h1-4,11-16H,5-8H2. The monoisotopic (exact) mass is 226 g/mol. The lowest BCUT2D eigenvalue weighted by atomic mass is 10.0. The van der Waals surface area contributed by atoms with E-state index in [2.05, 4.69) is 0 Å². The third-order valence-electron chi connectivity index (χ3n) is 2.51. The molecule has 1 aromatic carbocycles. The zero-order chi connectivity index (χ0) is 12.0. The molecule has 4 nitrogen and oxygen atoms in total. The van der Waals surface area contributed by atoms with Gasteiger partial charge in [-0.2, -0.15) is 0 Å². The van der Waals surface area contributed by atoms with E-state index in [-0.39, 0.29) is 19.6 Å². The Kier molecular flexibility index (Phi) is 5.42. The minimum absolute atomic E-state index is 0.0923. The molecule has 1 rings (SSSR count). The highest BCUT2D eigenvalue weighted by Crippen LogP contribution is 2.19. The summed E-state index contributed by atoms with van der Waals surface area (Å²) in [4.78, 5) is 0. The van der Waals surface area contributed by atoms with E-state index in [4.69, 9.17) is 10.2 Å². The normalized spacial score (nSPS) is 14.8. The van der Waals surface area contributed by atoms with Crippen LogP contribution in [0.25, 0.3) is 0 Å². The first-order chi connectivity index (χ1) is 7.69. The van der Waals surface area contributed by atoms with Gasteiger partial charge in [0.05, 0.1) is 6.10 Å². The Labute approximate surface area is 94.8 Å². The molecule has 0 spiro atoms. The van der Waals surface area contributed by atoms with Crippen LogP contribution < -0.4 is 0 Å². The van der Waals surface area contributed by atoms with E-state index in [1.807, 2.05) is 0 Å². The van der Waals surface area contributed by atoms with Gasteiger partial charge in [-0.1, -0.05) is 24.3 Å². The van der Waals surface area contributed by atoms with Crippen LogP contribution in [0.5, 0.6) is 0 Å². The van der Waals surface area contributed by atoms with Crippen LogP contribution in [0.15, 0.2) is 24.3 Å². The maximum Gasteiger partial charge on any atom is 0.105 e. The lowest BCUT2D eigenvalue weighted by molar-refractivity contribution is 0.00421. The van der Waals surface area contributed by atoms with Crippen LogP contribution in [0.3, 0.4) is 0 Å². The Morgan fingerprint density at radius 1 is 0.938 bits per heavy atom. The Morgan fingerprint density at radius 2 is 1.56 bits per heavy atom. The van der Waals surface area contributed by atoms with Crippen molar-refractivity contribution in [3.63, 3.8) is 0 Å². The van der Waals surface area contributed by atoms with Crippen LogP contribution in [0, 0.1) is 0 Å². The van der Waals surface area contributed by atoms with Crippen molar-refractivity contribution in [2.45, 2.75) is 25.0 Å². The average molecular weight is 226 g/mol. The highest BCUT2D eigenvalue weighted by atomic mass is 16.3. The van der Waals surface area contributed by atoms with Crippen LogP contribution in [-0.4, -0.2) is 39.7 Å². The molecular formula is C12H18O4. The van der Waals surface area contributed by atoms with Crippen LogP contribution in [-0.2, 0) is 6.42 Å². The molecule has 0 fully saturated rings. The SMILES string of the molecule is OCCc1ccc(C(O)C(O)CCO)cc1. The minimum Gasteiger partial charge on any atom is -0.396 e. The Bertz CT molecular complexity index is 296. The van der Waals surface area contributed by atoms with Crippen molar-refractivity contribution in [1.82, 2.24) is 0 Å². The number of benzene rings is 1. The second-order valence-corrected chi connectivity index (χ2v) is 3.74. The van der Waals surface area contributed by atoms with Gasteiger partial charge in [-0.15, -0.1) is 0 Å². The Morgan fingerprint density at radius 3 is 2.06 bits per heavy atom. The molecule has 1 aromatic rings. The van der Waals surface area contributed by atoms with Crippen molar-refractivity contribution >= 4 is 0 Å². The summed E-state index contributed by atoms with van der Waals surface area (Å²) < 4.78 is 0. The number of hydrogen-bond donors (Lipinski definition) is 4. The van der Waals surface area contributed by atoms with Crippen molar-refractivity contribution in [2.75, 3.05) is 13.2 Å². The van der Waals surface area contributed by atoms with E-state index in [0.717, 1.165) is 5.56 Å². The molecule has 4 N–H and O–H groups in total. The number of aliphatic hydroxyl groups excluding tert-OH is 4.